The minimum Gasteiger partial charge on any atom is -0.395 e. The van der Waals surface area contributed by atoms with Gasteiger partial charge in [-0.05, 0) is 17.5 Å². The summed E-state index contributed by atoms with van der Waals surface area (Å²) < 4.78 is 0. The van der Waals surface area contributed by atoms with Crippen LogP contribution in [0.2, 0.25) is 0 Å². The highest BCUT2D eigenvalue weighted by Crippen LogP contribution is 2.14. The van der Waals surface area contributed by atoms with Gasteiger partial charge in [-0.2, -0.15) is 0 Å². The van der Waals surface area contributed by atoms with Crippen LogP contribution in [0.5, 0.6) is 0 Å². The number of nitrogens with one attached hydrogen (secondary N) is 1. The minimum absolute atomic E-state index is 0.133. The zero-order chi connectivity index (χ0) is 9.68. The third-order valence-corrected chi connectivity index (χ3v) is 1.87. The second kappa shape index (κ2) is 4.82. The van der Waals surface area contributed by atoms with Crippen LogP contribution in [-0.4, -0.2) is 23.2 Å². The van der Waals surface area contributed by atoms with E-state index in [9.17, 15) is 0 Å². The largest absolute Gasteiger partial charge is 0.395 e. The lowest BCUT2D eigenvalue weighted by Crippen LogP contribution is -2.06. The Bertz CT molecular complexity index is 244. The molecule has 0 aliphatic heterocycles. The maximum Gasteiger partial charge on any atom is 0.125 e. The van der Waals surface area contributed by atoms with E-state index in [1.54, 1.807) is 0 Å². The monoisotopic (exact) mass is 180 g/mol. The summed E-state index contributed by atoms with van der Waals surface area (Å²) in [6.07, 6.45) is 1.87. The molecule has 1 aromatic rings. The molecule has 0 saturated carbocycles. The van der Waals surface area contributed by atoms with E-state index in [1.165, 1.54) is 5.56 Å². The van der Waals surface area contributed by atoms with E-state index in [4.69, 9.17) is 5.11 Å². The summed E-state index contributed by atoms with van der Waals surface area (Å²) in [5, 5.41) is 11.6. The molecule has 1 rings (SSSR count). The second-order valence-electron chi connectivity index (χ2n) is 3.28. The molecule has 13 heavy (non-hydrogen) atoms. The highest BCUT2D eigenvalue weighted by Gasteiger charge is 1.98. The van der Waals surface area contributed by atoms with Gasteiger partial charge in [0, 0.05) is 12.7 Å². The molecular weight excluding hydrogens is 164 g/mol. The lowest BCUT2D eigenvalue weighted by molar-refractivity contribution is 0.311. The van der Waals surface area contributed by atoms with Crippen molar-refractivity contribution in [3.8, 4) is 0 Å². The van der Waals surface area contributed by atoms with E-state index >= 15 is 0 Å². The Labute approximate surface area is 78.8 Å². The van der Waals surface area contributed by atoms with Gasteiger partial charge in [-0.15, -0.1) is 0 Å². The summed E-state index contributed by atoms with van der Waals surface area (Å²) in [5.74, 6) is 1.33. The summed E-state index contributed by atoms with van der Waals surface area (Å²) >= 11 is 0. The van der Waals surface area contributed by atoms with Crippen LogP contribution in [0.4, 0.5) is 5.82 Å². The number of rotatable bonds is 4. The average Bonchev–Trinajstić information content (AvgIpc) is 2.15. The Morgan fingerprint density at radius 3 is 2.69 bits per heavy atom. The number of aromatic nitrogens is 1. The van der Waals surface area contributed by atoms with Gasteiger partial charge in [0.15, 0.2) is 0 Å². The smallest absolute Gasteiger partial charge is 0.125 e. The van der Waals surface area contributed by atoms with Crippen molar-refractivity contribution in [2.75, 3.05) is 18.5 Å². The van der Waals surface area contributed by atoms with Crippen LogP contribution < -0.4 is 5.32 Å². The average molecular weight is 180 g/mol. The third kappa shape index (κ3) is 3.03. The SMILES string of the molecule is CC(C)c1ccc(NCCO)nc1. The number of pyridine rings is 1. The van der Waals surface area contributed by atoms with Gasteiger partial charge < -0.3 is 10.4 Å². The Balaban J connectivity index is 2.59. The first-order chi connectivity index (χ1) is 6.24. The molecule has 0 amide bonds. The lowest BCUT2D eigenvalue weighted by Gasteiger charge is -2.06. The number of aliphatic hydroxyl groups excluding tert-OH is 1. The number of hydrogen-bond acceptors (Lipinski definition) is 3. The molecule has 0 aliphatic carbocycles. The summed E-state index contributed by atoms with van der Waals surface area (Å²) in [6, 6.07) is 3.99. The molecule has 0 atom stereocenters. The molecular formula is C10H16N2O. The molecule has 1 aromatic heterocycles. The number of hydrogen-bond donors (Lipinski definition) is 2. The van der Waals surface area contributed by atoms with Crippen molar-refractivity contribution < 1.29 is 5.11 Å². The molecule has 0 fully saturated rings. The van der Waals surface area contributed by atoms with E-state index in [-0.39, 0.29) is 6.61 Å². The molecule has 72 valence electrons. The maximum atomic E-state index is 8.58. The first-order valence-corrected chi connectivity index (χ1v) is 4.54. The van der Waals surface area contributed by atoms with Gasteiger partial charge in [-0.1, -0.05) is 19.9 Å². The fraction of sp³-hybridized carbons (Fsp3) is 0.500. The minimum atomic E-state index is 0.133. The zero-order valence-electron chi connectivity index (χ0n) is 8.12. The molecule has 0 radical (unpaired) electrons. The maximum absolute atomic E-state index is 8.58. The zero-order valence-corrected chi connectivity index (χ0v) is 8.12. The van der Waals surface area contributed by atoms with Crippen molar-refractivity contribution in [3.63, 3.8) is 0 Å². The fourth-order valence-corrected chi connectivity index (χ4v) is 1.04. The van der Waals surface area contributed by atoms with Crippen molar-refractivity contribution in [3.05, 3.63) is 23.9 Å². The van der Waals surface area contributed by atoms with E-state index in [0.29, 0.717) is 12.5 Å². The second-order valence-corrected chi connectivity index (χ2v) is 3.28. The van der Waals surface area contributed by atoms with Gasteiger partial charge >= 0.3 is 0 Å². The van der Waals surface area contributed by atoms with Crippen molar-refractivity contribution in [1.29, 1.82) is 0 Å². The standard InChI is InChI=1S/C10H16N2O/c1-8(2)9-3-4-10(12-7-9)11-5-6-13/h3-4,7-8,13H,5-6H2,1-2H3,(H,11,12). The molecule has 2 N–H and O–H groups in total. The summed E-state index contributed by atoms with van der Waals surface area (Å²) in [4.78, 5) is 4.22. The van der Waals surface area contributed by atoms with Crippen LogP contribution in [0.15, 0.2) is 18.3 Å². The quantitative estimate of drug-likeness (QED) is 0.740. The van der Waals surface area contributed by atoms with E-state index in [0.717, 1.165) is 5.82 Å². The number of nitrogens with zero attached hydrogens (tertiary/aromatic N) is 1. The molecule has 0 aromatic carbocycles. The van der Waals surface area contributed by atoms with Gasteiger partial charge in [0.25, 0.3) is 0 Å². The number of aliphatic hydroxyl groups is 1. The molecule has 1 heterocycles. The normalized spacial score (nSPS) is 10.5. The molecule has 3 nitrogen and oxygen atoms in total. The van der Waals surface area contributed by atoms with Crippen LogP contribution in [0, 0.1) is 0 Å². The molecule has 0 spiro atoms. The van der Waals surface area contributed by atoms with Crippen molar-refractivity contribution in [2.24, 2.45) is 0 Å². The van der Waals surface area contributed by atoms with E-state index in [1.807, 2.05) is 12.3 Å². The predicted octanol–water partition coefficient (Wildman–Crippen LogP) is 1.61. The van der Waals surface area contributed by atoms with Crippen molar-refractivity contribution in [2.45, 2.75) is 19.8 Å². The fourth-order valence-electron chi connectivity index (χ4n) is 1.04. The lowest BCUT2D eigenvalue weighted by atomic mass is 10.1. The van der Waals surface area contributed by atoms with E-state index < -0.39 is 0 Å². The van der Waals surface area contributed by atoms with Crippen LogP contribution in [0.1, 0.15) is 25.3 Å². The third-order valence-electron chi connectivity index (χ3n) is 1.87. The predicted molar refractivity (Wildman–Crippen MR) is 53.9 cm³/mol. The molecule has 0 aliphatic rings. The van der Waals surface area contributed by atoms with Gasteiger partial charge in [-0.25, -0.2) is 4.98 Å². The van der Waals surface area contributed by atoms with Gasteiger partial charge in [0.2, 0.25) is 0 Å². The Hall–Kier alpha value is -1.09. The van der Waals surface area contributed by atoms with E-state index in [2.05, 4.69) is 30.2 Å². The number of anilines is 1. The summed E-state index contributed by atoms with van der Waals surface area (Å²) in [5.41, 5.74) is 1.23. The Kier molecular flexibility index (Phi) is 3.71. The molecule has 0 unspecified atom stereocenters. The molecule has 0 saturated heterocycles. The van der Waals surface area contributed by atoms with Gasteiger partial charge in [-0.3, -0.25) is 0 Å². The topological polar surface area (TPSA) is 45.1 Å². The highest BCUT2D eigenvalue weighted by atomic mass is 16.3. The summed E-state index contributed by atoms with van der Waals surface area (Å²) in [7, 11) is 0. The van der Waals surface area contributed by atoms with Crippen LogP contribution >= 0.6 is 0 Å². The Morgan fingerprint density at radius 1 is 1.46 bits per heavy atom. The van der Waals surface area contributed by atoms with Crippen molar-refractivity contribution in [1.82, 2.24) is 4.98 Å². The summed E-state index contributed by atoms with van der Waals surface area (Å²) in [6.45, 7) is 4.96. The van der Waals surface area contributed by atoms with Gasteiger partial charge in [0.05, 0.1) is 6.61 Å². The first kappa shape index (κ1) is 9.99. The highest BCUT2D eigenvalue weighted by molar-refractivity contribution is 5.35. The molecule has 3 heteroatoms. The van der Waals surface area contributed by atoms with Crippen LogP contribution in [0.3, 0.4) is 0 Å². The molecule has 0 bridgehead atoms. The van der Waals surface area contributed by atoms with Crippen LogP contribution in [-0.2, 0) is 0 Å². The Morgan fingerprint density at radius 2 is 2.23 bits per heavy atom. The van der Waals surface area contributed by atoms with Gasteiger partial charge in [0.1, 0.15) is 5.82 Å². The van der Waals surface area contributed by atoms with Crippen LogP contribution in [0.25, 0.3) is 0 Å². The van der Waals surface area contributed by atoms with Crippen molar-refractivity contribution >= 4 is 5.82 Å². The first-order valence-electron chi connectivity index (χ1n) is 4.54.